The average molecular weight is 1070 g/mol. The van der Waals surface area contributed by atoms with E-state index in [2.05, 4.69) is 267 Å². The normalized spacial score (nSPS) is 15.1. The van der Waals surface area contributed by atoms with Gasteiger partial charge in [0.15, 0.2) is 0 Å². The van der Waals surface area contributed by atoms with Gasteiger partial charge in [0.1, 0.15) is 12.1 Å². The van der Waals surface area contributed by atoms with Crippen LogP contribution >= 0.6 is 0 Å². The Hall–Kier alpha value is -10.9. The van der Waals surface area contributed by atoms with Crippen LogP contribution in [0.2, 0.25) is 0 Å². The van der Waals surface area contributed by atoms with Gasteiger partial charge in [0.2, 0.25) is 0 Å². The third-order valence-corrected chi connectivity index (χ3v) is 19.3. The first kappa shape index (κ1) is 46.8. The summed E-state index contributed by atoms with van der Waals surface area (Å²) in [7, 11) is 0. The van der Waals surface area contributed by atoms with Crippen LogP contribution in [0.25, 0.3) is 128 Å². The fourth-order valence-corrected chi connectivity index (χ4v) is 15.7. The van der Waals surface area contributed by atoms with Crippen molar-refractivity contribution in [1.82, 2.24) is 22.8 Å². The lowest BCUT2D eigenvalue weighted by Crippen LogP contribution is -2.19. The van der Waals surface area contributed by atoms with Crippen LogP contribution < -0.4 is 0 Å². The molecule has 0 aliphatic heterocycles. The van der Waals surface area contributed by atoms with Gasteiger partial charge in [-0.15, -0.1) is 0 Å². The summed E-state index contributed by atoms with van der Waals surface area (Å²) in [5.41, 5.74) is 22.7. The zero-order valence-corrected chi connectivity index (χ0v) is 46.3. The van der Waals surface area contributed by atoms with Gasteiger partial charge in [-0.3, -0.25) is 0 Å². The van der Waals surface area contributed by atoms with Crippen LogP contribution in [0, 0.1) is 22.7 Å². The molecule has 0 fully saturated rings. The first-order valence-corrected chi connectivity index (χ1v) is 29.2. The van der Waals surface area contributed by atoms with Crippen molar-refractivity contribution in [3.8, 4) is 40.6 Å². The standard InChI is InChI=1S/C77H51N7/c1-77(2)63-26-12-6-20-51(63)59-42-62-61-41-50(81-67-29-15-9-23-54(67)55-24-10-16-30-68(55)81)32-36-70(61)83(74(62)43-64(59)77)72-38-47(45-79)73(39-46(72)44-78)84-71-37-33-49(80-65-27-13-7-21-52(65)53-22-8-14-28-66(53)80)40-60(71)58-35-34-57-56-25-11-17-31-69(56)82(75(57)76(58)84)48-18-4-3-5-19-48/h3-10,12-24,26-41,43,59H,11,25,42H2,1-2H3. The van der Waals surface area contributed by atoms with E-state index >= 15 is 0 Å². The summed E-state index contributed by atoms with van der Waals surface area (Å²) in [4.78, 5) is 0. The summed E-state index contributed by atoms with van der Waals surface area (Å²) in [6, 6.07) is 82.0. The monoisotopic (exact) mass is 1070 g/mol. The van der Waals surface area contributed by atoms with Gasteiger partial charge in [0.05, 0.1) is 72.3 Å². The Labute approximate surface area is 483 Å². The van der Waals surface area contributed by atoms with Crippen LogP contribution in [-0.2, 0) is 18.3 Å². The minimum atomic E-state index is -0.218. The number of hydrogen-bond donors (Lipinski definition) is 0. The summed E-state index contributed by atoms with van der Waals surface area (Å²) < 4.78 is 11.8. The van der Waals surface area contributed by atoms with E-state index in [-0.39, 0.29) is 11.3 Å². The molecule has 7 heteroatoms. The largest absolute Gasteiger partial charge is 0.309 e. The maximum absolute atomic E-state index is 11.9. The van der Waals surface area contributed by atoms with Crippen molar-refractivity contribution in [2.75, 3.05) is 0 Å². The predicted octanol–water partition coefficient (Wildman–Crippen LogP) is 18.6. The molecule has 0 spiro atoms. The molecule has 5 aromatic heterocycles. The number of nitriles is 2. The molecule has 10 aromatic carbocycles. The van der Waals surface area contributed by atoms with Crippen LogP contribution in [-0.4, -0.2) is 22.8 Å². The van der Waals surface area contributed by atoms with E-state index in [0.717, 1.165) is 102 Å². The Balaban J connectivity index is 0.924. The lowest BCUT2D eigenvalue weighted by Gasteiger charge is -2.28. The van der Waals surface area contributed by atoms with E-state index in [4.69, 9.17) is 0 Å². The molecule has 394 valence electrons. The van der Waals surface area contributed by atoms with Gasteiger partial charge in [-0.2, -0.15) is 10.5 Å². The molecule has 1 unspecified atom stereocenters. The SMILES string of the molecule is CC1(C)C2=Cc3c(c4cc(-n5c6ccccc6c6ccccc65)ccc4n3-c3cc(C#N)c(-n4c5ccc(-n6c7ccccc7c7ccccc76)cc5c5ccc6c7c(n(-c8ccccc8)c6c54)C=CCC7)cc3C#N)CC2c2ccccc21. The number of aryl methyl sites for hydroxylation is 1. The predicted molar refractivity (Wildman–Crippen MR) is 344 cm³/mol. The molecular formula is C77H51N7. The van der Waals surface area contributed by atoms with Crippen molar-refractivity contribution < 1.29 is 0 Å². The molecule has 0 N–H and O–H groups in total. The first-order chi connectivity index (χ1) is 41.4. The van der Waals surface area contributed by atoms with E-state index in [0.29, 0.717) is 22.5 Å². The highest BCUT2D eigenvalue weighted by Gasteiger charge is 2.44. The lowest BCUT2D eigenvalue weighted by atomic mass is 9.76. The number of aromatic nitrogens is 5. The van der Waals surface area contributed by atoms with Crippen molar-refractivity contribution in [2.45, 2.75) is 44.4 Å². The second-order valence-electron chi connectivity index (χ2n) is 23.7. The van der Waals surface area contributed by atoms with Crippen LogP contribution in [0.3, 0.4) is 0 Å². The fraction of sp³-hybridized carbons (Fsp3) is 0.0909. The molecule has 5 heterocycles. The number of hydrogen-bond acceptors (Lipinski definition) is 2. The molecule has 0 bridgehead atoms. The van der Waals surface area contributed by atoms with Gasteiger partial charge in [-0.05, 0) is 139 Å². The van der Waals surface area contributed by atoms with Crippen LogP contribution in [0.4, 0.5) is 0 Å². The maximum atomic E-state index is 11.9. The van der Waals surface area contributed by atoms with Crippen molar-refractivity contribution in [3.05, 3.63) is 269 Å². The summed E-state index contributed by atoms with van der Waals surface area (Å²) in [6.45, 7) is 4.71. The van der Waals surface area contributed by atoms with E-state index < -0.39 is 0 Å². The zero-order valence-electron chi connectivity index (χ0n) is 46.3. The molecule has 84 heavy (non-hydrogen) atoms. The molecule has 7 nitrogen and oxygen atoms in total. The fourth-order valence-electron chi connectivity index (χ4n) is 15.7. The third kappa shape index (κ3) is 6.17. The molecule has 0 amide bonds. The quantitative estimate of drug-likeness (QED) is 0.172. The molecule has 3 aliphatic rings. The Morgan fingerprint density at radius 3 is 1.55 bits per heavy atom. The van der Waals surface area contributed by atoms with Crippen LogP contribution in [0.5, 0.6) is 0 Å². The van der Waals surface area contributed by atoms with Crippen molar-refractivity contribution in [3.63, 3.8) is 0 Å². The van der Waals surface area contributed by atoms with Crippen LogP contribution in [0.1, 0.15) is 71.0 Å². The minimum absolute atomic E-state index is 0.200. The molecule has 0 saturated carbocycles. The minimum Gasteiger partial charge on any atom is -0.309 e. The molecule has 18 rings (SSSR count). The molecule has 3 aliphatic carbocycles. The highest BCUT2D eigenvalue weighted by molar-refractivity contribution is 6.20. The zero-order chi connectivity index (χ0) is 55.7. The molecule has 0 radical (unpaired) electrons. The second-order valence-corrected chi connectivity index (χ2v) is 23.7. The van der Waals surface area contributed by atoms with Crippen LogP contribution in [0.15, 0.2) is 224 Å². The van der Waals surface area contributed by atoms with Gasteiger partial charge in [0, 0.05) is 77.2 Å². The topological polar surface area (TPSA) is 72.2 Å². The lowest BCUT2D eigenvalue weighted by molar-refractivity contribution is 0.613. The first-order valence-electron chi connectivity index (χ1n) is 29.2. The smallest absolute Gasteiger partial charge is 0.101 e. The van der Waals surface area contributed by atoms with Crippen molar-refractivity contribution >= 4 is 99.4 Å². The molecular weight excluding hydrogens is 1020 g/mol. The van der Waals surface area contributed by atoms with E-state index in [1.807, 2.05) is 12.1 Å². The van der Waals surface area contributed by atoms with Crippen molar-refractivity contribution in [1.29, 1.82) is 10.5 Å². The van der Waals surface area contributed by atoms with E-state index in [9.17, 15) is 10.5 Å². The van der Waals surface area contributed by atoms with Gasteiger partial charge >= 0.3 is 0 Å². The van der Waals surface area contributed by atoms with E-state index in [1.54, 1.807) is 0 Å². The molecule has 0 saturated heterocycles. The van der Waals surface area contributed by atoms with Crippen molar-refractivity contribution in [2.24, 2.45) is 0 Å². The van der Waals surface area contributed by atoms with E-state index in [1.165, 1.54) is 60.5 Å². The summed E-state index contributed by atoms with van der Waals surface area (Å²) in [6.07, 6.45) is 9.67. The van der Waals surface area contributed by atoms with Gasteiger partial charge in [-0.1, -0.05) is 153 Å². The summed E-state index contributed by atoms with van der Waals surface area (Å²) >= 11 is 0. The Morgan fingerprint density at radius 1 is 0.417 bits per heavy atom. The van der Waals surface area contributed by atoms with Gasteiger partial charge < -0.3 is 22.8 Å². The highest BCUT2D eigenvalue weighted by Crippen LogP contribution is 2.56. The Kier molecular flexibility index (Phi) is 9.53. The van der Waals surface area contributed by atoms with Gasteiger partial charge in [-0.25, -0.2) is 0 Å². The number of allylic oxidation sites excluding steroid dienone is 2. The number of benzene rings is 10. The summed E-state index contributed by atoms with van der Waals surface area (Å²) in [5.74, 6) is 0.200. The number of fused-ring (bicyclic) bond motifs is 19. The summed E-state index contributed by atoms with van der Waals surface area (Å²) in [5, 5.41) is 33.0. The third-order valence-electron chi connectivity index (χ3n) is 19.3. The average Bonchev–Trinajstić information content (AvgIpc) is 1.72. The highest BCUT2D eigenvalue weighted by atomic mass is 15.1. The number of rotatable bonds is 5. The Bertz CT molecular complexity index is 5480. The number of nitrogens with zero attached hydrogens (tertiary/aromatic N) is 7. The maximum Gasteiger partial charge on any atom is 0.101 e. The second kappa shape index (κ2) is 17.1. The molecule has 15 aromatic rings. The number of para-hydroxylation sites is 5. The Morgan fingerprint density at radius 2 is 0.929 bits per heavy atom. The molecule has 1 atom stereocenters. The van der Waals surface area contributed by atoms with Gasteiger partial charge in [0.25, 0.3) is 0 Å².